The molecule has 2 aromatic rings. The number of hydrogen-bond donors (Lipinski definition) is 1. The summed E-state index contributed by atoms with van der Waals surface area (Å²) >= 11 is 1.78. The number of nitrogens with one attached hydrogen (secondary N) is 1. The average molecular weight is 330 g/mol. The quantitative estimate of drug-likeness (QED) is 0.915. The van der Waals surface area contributed by atoms with E-state index in [0.717, 1.165) is 38.3 Å². The lowest BCUT2D eigenvalue weighted by Gasteiger charge is -2.31. The number of nitrogens with zero attached hydrogens (tertiary/aromatic N) is 3. The minimum Gasteiger partial charge on any atom is -0.351 e. The third-order valence-corrected chi connectivity index (χ3v) is 5.43. The third-order valence-electron chi connectivity index (χ3n) is 4.20. The number of amides is 1. The second-order valence-electron chi connectivity index (χ2n) is 5.75. The van der Waals surface area contributed by atoms with Crippen LogP contribution in [0.1, 0.15) is 29.5 Å². The van der Waals surface area contributed by atoms with Gasteiger partial charge in [-0.15, -0.1) is 11.3 Å². The number of carbonyl (C=O) groups is 1. The van der Waals surface area contributed by atoms with Gasteiger partial charge >= 0.3 is 0 Å². The van der Waals surface area contributed by atoms with E-state index in [1.54, 1.807) is 23.7 Å². The van der Waals surface area contributed by atoms with Crippen LogP contribution in [0, 0.1) is 5.92 Å². The van der Waals surface area contributed by atoms with Gasteiger partial charge in [-0.1, -0.05) is 6.92 Å². The van der Waals surface area contributed by atoms with Gasteiger partial charge in [-0.05, 0) is 37.5 Å². The molecular formula is C17H22N4OS. The van der Waals surface area contributed by atoms with Gasteiger partial charge in [0.1, 0.15) is 0 Å². The van der Waals surface area contributed by atoms with Crippen LogP contribution >= 0.6 is 11.3 Å². The van der Waals surface area contributed by atoms with Gasteiger partial charge in [0.15, 0.2) is 0 Å². The van der Waals surface area contributed by atoms with Gasteiger partial charge in [0.2, 0.25) is 11.9 Å². The number of rotatable bonds is 5. The summed E-state index contributed by atoms with van der Waals surface area (Å²) in [5.41, 5.74) is 0. The Morgan fingerprint density at radius 1 is 1.26 bits per heavy atom. The van der Waals surface area contributed by atoms with Gasteiger partial charge in [-0.25, -0.2) is 9.97 Å². The van der Waals surface area contributed by atoms with Crippen LogP contribution in [0.4, 0.5) is 5.95 Å². The topological polar surface area (TPSA) is 58.1 Å². The molecule has 0 bridgehead atoms. The lowest BCUT2D eigenvalue weighted by molar-refractivity contribution is -0.125. The molecule has 3 rings (SSSR count). The highest BCUT2D eigenvalue weighted by Gasteiger charge is 2.25. The van der Waals surface area contributed by atoms with Crippen molar-refractivity contribution in [2.75, 3.05) is 18.0 Å². The zero-order valence-electron chi connectivity index (χ0n) is 13.4. The summed E-state index contributed by atoms with van der Waals surface area (Å²) in [5, 5.41) is 3.08. The molecule has 1 aliphatic heterocycles. The van der Waals surface area contributed by atoms with E-state index in [0.29, 0.717) is 6.54 Å². The Kier molecular flexibility index (Phi) is 5.23. The Labute approximate surface area is 140 Å². The predicted octanol–water partition coefficient (Wildman–Crippen LogP) is 2.63. The molecule has 0 aromatic carbocycles. The summed E-state index contributed by atoms with van der Waals surface area (Å²) in [5.74, 6) is 1.03. The molecule has 0 radical (unpaired) electrons. The molecule has 2 aromatic heterocycles. The molecule has 23 heavy (non-hydrogen) atoms. The van der Waals surface area contributed by atoms with Gasteiger partial charge in [0.25, 0.3) is 0 Å². The molecule has 122 valence electrons. The number of thiophene rings is 1. The molecule has 1 fully saturated rings. The molecule has 5 nitrogen and oxygen atoms in total. The maximum absolute atomic E-state index is 12.3. The van der Waals surface area contributed by atoms with Crippen LogP contribution in [0.2, 0.25) is 0 Å². The first-order valence-electron chi connectivity index (χ1n) is 8.13. The fourth-order valence-corrected chi connectivity index (χ4v) is 3.72. The van der Waals surface area contributed by atoms with E-state index in [1.807, 2.05) is 6.07 Å². The van der Waals surface area contributed by atoms with Crippen molar-refractivity contribution in [1.29, 1.82) is 0 Å². The number of aryl methyl sites for hydroxylation is 1. The Hall–Kier alpha value is -1.95. The summed E-state index contributed by atoms with van der Waals surface area (Å²) < 4.78 is 0. The first-order chi connectivity index (χ1) is 11.3. The molecule has 1 amide bonds. The van der Waals surface area contributed by atoms with Crippen molar-refractivity contribution in [2.45, 2.75) is 32.7 Å². The normalized spacial score (nSPS) is 15.6. The highest BCUT2D eigenvalue weighted by molar-refractivity contribution is 7.11. The SMILES string of the molecule is CCc1ccc(CNC(=O)C2CCN(c3ncccn3)CC2)s1. The van der Waals surface area contributed by atoms with Crippen molar-refractivity contribution in [3.63, 3.8) is 0 Å². The summed E-state index contributed by atoms with van der Waals surface area (Å²) in [6, 6.07) is 6.07. The summed E-state index contributed by atoms with van der Waals surface area (Å²) in [6.07, 6.45) is 6.28. The molecule has 1 saturated heterocycles. The molecule has 6 heteroatoms. The van der Waals surface area contributed by atoms with E-state index in [-0.39, 0.29) is 11.8 Å². The Morgan fingerprint density at radius 3 is 2.61 bits per heavy atom. The monoisotopic (exact) mass is 330 g/mol. The molecule has 0 spiro atoms. The Balaban J connectivity index is 1.46. The summed E-state index contributed by atoms with van der Waals surface area (Å²) in [6.45, 7) is 4.46. The van der Waals surface area contributed by atoms with Crippen LogP contribution in [0.15, 0.2) is 30.6 Å². The minimum atomic E-state index is 0.0978. The lowest BCUT2D eigenvalue weighted by atomic mass is 9.96. The Morgan fingerprint density at radius 2 is 1.96 bits per heavy atom. The van der Waals surface area contributed by atoms with Gasteiger partial charge in [0, 0.05) is 41.2 Å². The van der Waals surface area contributed by atoms with E-state index in [2.05, 4.69) is 39.2 Å². The molecule has 0 aliphatic carbocycles. The molecule has 1 N–H and O–H groups in total. The number of piperidine rings is 1. The van der Waals surface area contributed by atoms with E-state index in [4.69, 9.17) is 0 Å². The van der Waals surface area contributed by atoms with Crippen LogP contribution in [0.5, 0.6) is 0 Å². The number of aromatic nitrogens is 2. The molecule has 1 aliphatic rings. The minimum absolute atomic E-state index is 0.0978. The zero-order chi connectivity index (χ0) is 16.1. The van der Waals surface area contributed by atoms with Gasteiger partial charge < -0.3 is 10.2 Å². The number of anilines is 1. The molecule has 0 unspecified atom stereocenters. The lowest BCUT2D eigenvalue weighted by Crippen LogP contribution is -2.40. The highest BCUT2D eigenvalue weighted by Crippen LogP contribution is 2.21. The van der Waals surface area contributed by atoms with Crippen LogP contribution in [-0.4, -0.2) is 29.0 Å². The maximum atomic E-state index is 12.3. The van der Waals surface area contributed by atoms with Crippen molar-refractivity contribution < 1.29 is 4.79 Å². The predicted molar refractivity (Wildman–Crippen MR) is 92.5 cm³/mol. The van der Waals surface area contributed by atoms with Crippen LogP contribution in [0.25, 0.3) is 0 Å². The van der Waals surface area contributed by atoms with E-state index >= 15 is 0 Å². The van der Waals surface area contributed by atoms with Crippen molar-refractivity contribution in [2.24, 2.45) is 5.92 Å². The van der Waals surface area contributed by atoms with Crippen molar-refractivity contribution in [3.8, 4) is 0 Å². The van der Waals surface area contributed by atoms with Gasteiger partial charge in [-0.2, -0.15) is 0 Å². The van der Waals surface area contributed by atoms with Crippen molar-refractivity contribution >= 4 is 23.2 Å². The zero-order valence-corrected chi connectivity index (χ0v) is 14.2. The smallest absolute Gasteiger partial charge is 0.225 e. The fraction of sp³-hybridized carbons (Fsp3) is 0.471. The number of carbonyl (C=O) groups excluding carboxylic acids is 1. The second kappa shape index (κ2) is 7.55. The fourth-order valence-electron chi connectivity index (χ4n) is 2.82. The van der Waals surface area contributed by atoms with Crippen molar-refractivity contribution in [1.82, 2.24) is 15.3 Å². The van der Waals surface area contributed by atoms with Crippen LogP contribution in [0.3, 0.4) is 0 Å². The third kappa shape index (κ3) is 4.07. The standard InChI is InChI=1S/C17H22N4OS/c1-2-14-4-5-15(23-14)12-20-16(22)13-6-10-21(11-7-13)17-18-8-3-9-19-17/h3-5,8-9,13H,2,6-7,10-12H2,1H3,(H,20,22). The summed E-state index contributed by atoms with van der Waals surface area (Å²) in [7, 11) is 0. The van der Waals surface area contributed by atoms with Crippen LogP contribution in [-0.2, 0) is 17.8 Å². The maximum Gasteiger partial charge on any atom is 0.225 e. The second-order valence-corrected chi connectivity index (χ2v) is 7.00. The first kappa shape index (κ1) is 15.9. The Bertz CT molecular complexity index is 635. The van der Waals surface area contributed by atoms with E-state index < -0.39 is 0 Å². The molecule has 3 heterocycles. The molecular weight excluding hydrogens is 308 g/mol. The van der Waals surface area contributed by atoms with Crippen LogP contribution < -0.4 is 10.2 Å². The largest absolute Gasteiger partial charge is 0.351 e. The van der Waals surface area contributed by atoms with Crippen molar-refractivity contribution in [3.05, 3.63) is 40.3 Å². The first-order valence-corrected chi connectivity index (χ1v) is 8.95. The highest BCUT2D eigenvalue weighted by atomic mass is 32.1. The van der Waals surface area contributed by atoms with Gasteiger partial charge in [-0.3, -0.25) is 4.79 Å². The average Bonchev–Trinajstić information content (AvgIpc) is 3.09. The van der Waals surface area contributed by atoms with Gasteiger partial charge in [0.05, 0.1) is 6.54 Å². The molecule has 0 saturated carbocycles. The van der Waals surface area contributed by atoms with E-state index in [1.165, 1.54) is 9.75 Å². The summed E-state index contributed by atoms with van der Waals surface area (Å²) in [4.78, 5) is 25.6. The van der Waals surface area contributed by atoms with E-state index in [9.17, 15) is 4.79 Å². The molecule has 0 atom stereocenters. The number of hydrogen-bond acceptors (Lipinski definition) is 5.